The molecule has 0 atom stereocenters. The number of rotatable bonds is 4. The van der Waals surface area contributed by atoms with Crippen LogP contribution in [0.1, 0.15) is 37.0 Å². The van der Waals surface area contributed by atoms with Gasteiger partial charge in [0.15, 0.2) is 0 Å². The van der Waals surface area contributed by atoms with Crippen LogP contribution in [0, 0.1) is 0 Å². The van der Waals surface area contributed by atoms with Crippen molar-refractivity contribution in [2.75, 3.05) is 0 Å². The summed E-state index contributed by atoms with van der Waals surface area (Å²) >= 11 is 0. The number of aromatic nitrogens is 2. The van der Waals surface area contributed by atoms with Crippen molar-refractivity contribution < 1.29 is 19.1 Å². The van der Waals surface area contributed by atoms with Gasteiger partial charge in [-0.05, 0) is 39.0 Å². The third-order valence-corrected chi connectivity index (χ3v) is 2.45. The van der Waals surface area contributed by atoms with E-state index < -0.39 is 5.97 Å². The van der Waals surface area contributed by atoms with Gasteiger partial charge < -0.3 is 14.3 Å². The molecule has 0 aliphatic rings. The minimum Gasteiger partial charge on any atom is -0.478 e. The Bertz CT molecular complexity index is 614. The van der Waals surface area contributed by atoms with Gasteiger partial charge in [0.05, 0.1) is 11.2 Å². The largest absolute Gasteiger partial charge is 0.478 e. The molecule has 2 aromatic rings. The Morgan fingerprint density at radius 3 is 2.75 bits per heavy atom. The van der Waals surface area contributed by atoms with Gasteiger partial charge in [0, 0.05) is 5.56 Å². The van der Waals surface area contributed by atoms with Crippen LogP contribution in [0.5, 0.6) is 0 Å². The number of nitrogens with zero attached hydrogens (tertiary/aromatic N) is 2. The van der Waals surface area contributed by atoms with Gasteiger partial charge in [-0.1, -0.05) is 6.07 Å². The second-order valence-electron chi connectivity index (χ2n) is 5.29. The summed E-state index contributed by atoms with van der Waals surface area (Å²) in [6.45, 7) is 6.01. The molecule has 0 amide bonds. The van der Waals surface area contributed by atoms with Gasteiger partial charge in [0.1, 0.15) is 6.61 Å². The zero-order valence-corrected chi connectivity index (χ0v) is 11.6. The zero-order valence-electron chi connectivity index (χ0n) is 11.6. The molecule has 0 unspecified atom stereocenters. The number of benzene rings is 1. The zero-order chi connectivity index (χ0) is 14.8. The highest BCUT2D eigenvalue weighted by Crippen LogP contribution is 2.20. The lowest BCUT2D eigenvalue weighted by molar-refractivity contribution is -0.0242. The summed E-state index contributed by atoms with van der Waals surface area (Å²) in [7, 11) is 0. The van der Waals surface area contributed by atoms with E-state index in [4.69, 9.17) is 14.3 Å². The smallest absolute Gasteiger partial charge is 0.335 e. The standard InChI is InChI=1S/C14H16N2O4/c1-14(2,3)19-8-11-15-16-12(20-11)9-5-4-6-10(7-9)13(17)18/h4-7H,8H2,1-3H3,(H,17,18). The maximum Gasteiger partial charge on any atom is 0.335 e. The first-order valence-corrected chi connectivity index (χ1v) is 6.15. The average molecular weight is 276 g/mol. The van der Waals surface area contributed by atoms with Crippen LogP contribution in [0.4, 0.5) is 0 Å². The molecule has 2 rings (SSSR count). The predicted octanol–water partition coefficient (Wildman–Crippen LogP) is 2.75. The lowest BCUT2D eigenvalue weighted by Crippen LogP contribution is -2.18. The third-order valence-electron chi connectivity index (χ3n) is 2.45. The second kappa shape index (κ2) is 5.42. The molecule has 1 N–H and O–H groups in total. The Morgan fingerprint density at radius 2 is 2.10 bits per heavy atom. The Morgan fingerprint density at radius 1 is 1.35 bits per heavy atom. The van der Waals surface area contributed by atoms with Crippen molar-refractivity contribution in [3.63, 3.8) is 0 Å². The normalized spacial score (nSPS) is 11.6. The summed E-state index contributed by atoms with van der Waals surface area (Å²) in [5, 5.41) is 16.7. The van der Waals surface area contributed by atoms with Gasteiger partial charge in [-0.25, -0.2) is 4.79 Å². The summed E-state index contributed by atoms with van der Waals surface area (Å²) in [5.74, 6) is -0.362. The van der Waals surface area contributed by atoms with Gasteiger partial charge in [-0.3, -0.25) is 0 Å². The molecule has 0 aliphatic heterocycles. The second-order valence-corrected chi connectivity index (χ2v) is 5.29. The van der Waals surface area contributed by atoms with Crippen LogP contribution in [0.2, 0.25) is 0 Å². The Kier molecular flexibility index (Phi) is 3.85. The lowest BCUT2D eigenvalue weighted by atomic mass is 10.1. The fourth-order valence-electron chi connectivity index (χ4n) is 1.49. The first-order valence-electron chi connectivity index (χ1n) is 6.15. The molecular weight excluding hydrogens is 260 g/mol. The SMILES string of the molecule is CC(C)(C)OCc1nnc(-c2cccc(C(=O)O)c2)o1. The Labute approximate surface area is 116 Å². The highest BCUT2D eigenvalue weighted by molar-refractivity contribution is 5.88. The summed E-state index contributed by atoms with van der Waals surface area (Å²) in [6.07, 6.45) is 0. The lowest BCUT2D eigenvalue weighted by Gasteiger charge is -2.17. The molecule has 106 valence electrons. The molecule has 0 saturated carbocycles. The van der Waals surface area contributed by atoms with E-state index in [0.29, 0.717) is 11.5 Å². The van der Waals surface area contributed by atoms with E-state index in [1.54, 1.807) is 12.1 Å². The molecule has 20 heavy (non-hydrogen) atoms. The van der Waals surface area contributed by atoms with Gasteiger partial charge in [-0.2, -0.15) is 0 Å². The van der Waals surface area contributed by atoms with Crippen LogP contribution in [0.15, 0.2) is 28.7 Å². The average Bonchev–Trinajstić information content (AvgIpc) is 2.84. The Hall–Kier alpha value is -2.21. The molecule has 0 saturated heterocycles. The van der Waals surface area contributed by atoms with Crippen LogP contribution in [0.25, 0.3) is 11.5 Å². The van der Waals surface area contributed by atoms with Crippen molar-refractivity contribution in [1.82, 2.24) is 10.2 Å². The van der Waals surface area contributed by atoms with E-state index in [9.17, 15) is 4.79 Å². The van der Waals surface area contributed by atoms with Crippen LogP contribution in [0.3, 0.4) is 0 Å². The first kappa shape index (κ1) is 14.2. The minimum atomic E-state index is -0.998. The quantitative estimate of drug-likeness (QED) is 0.924. The molecule has 0 aliphatic carbocycles. The van der Waals surface area contributed by atoms with Crippen molar-refractivity contribution in [2.45, 2.75) is 33.0 Å². The van der Waals surface area contributed by atoms with Gasteiger partial charge >= 0.3 is 5.97 Å². The number of aromatic carboxylic acids is 1. The molecule has 0 spiro atoms. The summed E-state index contributed by atoms with van der Waals surface area (Å²) < 4.78 is 11.0. The summed E-state index contributed by atoms with van der Waals surface area (Å²) in [5.41, 5.74) is 0.449. The van der Waals surface area contributed by atoms with Crippen molar-refractivity contribution in [2.24, 2.45) is 0 Å². The van der Waals surface area contributed by atoms with Crippen molar-refractivity contribution in [1.29, 1.82) is 0 Å². The topological polar surface area (TPSA) is 85.5 Å². The minimum absolute atomic E-state index is 0.174. The Balaban J connectivity index is 2.16. The molecule has 1 aromatic carbocycles. The first-order chi connectivity index (χ1) is 9.35. The van der Waals surface area contributed by atoms with Crippen molar-refractivity contribution in [3.8, 4) is 11.5 Å². The fourth-order valence-corrected chi connectivity index (χ4v) is 1.49. The van der Waals surface area contributed by atoms with Gasteiger partial charge in [0.2, 0.25) is 11.8 Å². The molecule has 6 nitrogen and oxygen atoms in total. The number of carboxylic acids is 1. The van der Waals surface area contributed by atoms with Crippen LogP contribution in [-0.2, 0) is 11.3 Å². The number of hydrogen-bond acceptors (Lipinski definition) is 5. The van der Waals surface area contributed by atoms with Crippen molar-refractivity contribution in [3.05, 3.63) is 35.7 Å². The van der Waals surface area contributed by atoms with Gasteiger partial charge in [0.25, 0.3) is 0 Å². The van der Waals surface area contributed by atoms with E-state index in [1.165, 1.54) is 12.1 Å². The van der Waals surface area contributed by atoms with Crippen LogP contribution in [-0.4, -0.2) is 26.9 Å². The summed E-state index contributed by atoms with van der Waals surface area (Å²) in [6, 6.07) is 6.35. The molecule has 6 heteroatoms. The highest BCUT2D eigenvalue weighted by Gasteiger charge is 2.15. The number of carbonyl (C=O) groups is 1. The van der Waals surface area contributed by atoms with E-state index >= 15 is 0 Å². The molecule has 1 heterocycles. The van der Waals surface area contributed by atoms with Crippen molar-refractivity contribution >= 4 is 5.97 Å². The van der Waals surface area contributed by atoms with Gasteiger partial charge in [-0.15, -0.1) is 10.2 Å². The monoisotopic (exact) mass is 276 g/mol. The van der Waals surface area contributed by atoms with Crippen LogP contribution >= 0.6 is 0 Å². The van der Waals surface area contributed by atoms with E-state index in [-0.39, 0.29) is 23.7 Å². The number of hydrogen-bond donors (Lipinski definition) is 1. The third kappa shape index (κ3) is 3.64. The fraction of sp³-hybridized carbons (Fsp3) is 0.357. The van der Waals surface area contributed by atoms with E-state index in [2.05, 4.69) is 10.2 Å². The van der Waals surface area contributed by atoms with E-state index in [1.807, 2.05) is 20.8 Å². The molecule has 1 aromatic heterocycles. The molecule has 0 fully saturated rings. The summed E-state index contributed by atoms with van der Waals surface area (Å²) in [4.78, 5) is 10.9. The highest BCUT2D eigenvalue weighted by atomic mass is 16.5. The maximum atomic E-state index is 10.9. The molecular formula is C14H16N2O4. The van der Waals surface area contributed by atoms with Crippen LogP contribution < -0.4 is 0 Å². The number of ether oxygens (including phenoxy) is 1. The maximum absolute atomic E-state index is 10.9. The predicted molar refractivity (Wildman–Crippen MR) is 71.2 cm³/mol. The van der Waals surface area contributed by atoms with E-state index in [0.717, 1.165) is 0 Å². The number of carboxylic acid groups (broad SMARTS) is 1. The molecule has 0 bridgehead atoms. The molecule has 0 radical (unpaired) electrons.